The maximum absolute atomic E-state index is 11.1. The molecule has 0 rings (SSSR count). The van der Waals surface area contributed by atoms with Gasteiger partial charge >= 0.3 is 5.97 Å². The van der Waals surface area contributed by atoms with Gasteiger partial charge in [0.15, 0.2) is 0 Å². The van der Waals surface area contributed by atoms with Crippen molar-refractivity contribution in [3.05, 3.63) is 0 Å². The highest BCUT2D eigenvalue weighted by Gasteiger charge is 1.99. The van der Waals surface area contributed by atoms with E-state index in [0.29, 0.717) is 13.2 Å². The second kappa shape index (κ2) is 20.5. The van der Waals surface area contributed by atoms with Crippen LogP contribution < -0.4 is 5.32 Å². The lowest BCUT2D eigenvalue weighted by Gasteiger charge is -2.06. The molecule has 0 atom stereocenters. The summed E-state index contributed by atoms with van der Waals surface area (Å²) < 4.78 is 5.05. The molecule has 1 N–H and O–H groups in total. The molecule has 0 amide bonds. The Kier molecular flexibility index (Phi) is 20.0. The van der Waals surface area contributed by atoms with Crippen molar-refractivity contribution >= 4 is 5.97 Å². The maximum atomic E-state index is 11.1. The third-order valence-corrected chi connectivity index (χ3v) is 4.50. The minimum atomic E-state index is -0.0917. The zero-order valence-corrected chi connectivity index (χ0v) is 16.5. The molecule has 0 aliphatic carbocycles. The van der Waals surface area contributed by atoms with Crippen LogP contribution in [-0.2, 0) is 9.53 Å². The van der Waals surface area contributed by atoms with Gasteiger partial charge in [-0.1, -0.05) is 97.3 Å². The summed E-state index contributed by atoms with van der Waals surface area (Å²) in [5, 5.41) is 3.18. The van der Waals surface area contributed by atoms with Gasteiger partial charge in [0, 0.05) is 6.42 Å². The van der Waals surface area contributed by atoms with Crippen molar-refractivity contribution in [3.63, 3.8) is 0 Å². The van der Waals surface area contributed by atoms with E-state index in [9.17, 15) is 4.79 Å². The number of rotatable bonds is 19. The highest BCUT2D eigenvalue weighted by molar-refractivity contribution is 5.69. The molecule has 0 fully saturated rings. The fraction of sp³-hybridized carbons (Fsp3) is 0.952. The van der Waals surface area contributed by atoms with Crippen molar-refractivity contribution in [3.8, 4) is 0 Å². The predicted octanol–water partition coefficient (Wildman–Crippen LogP) is 6.36. The summed E-state index contributed by atoms with van der Waals surface area (Å²) in [5.74, 6) is -0.0917. The van der Waals surface area contributed by atoms with Crippen LogP contribution in [0.2, 0.25) is 0 Å². The van der Waals surface area contributed by atoms with Gasteiger partial charge in [-0.25, -0.2) is 0 Å². The fourth-order valence-electron chi connectivity index (χ4n) is 2.92. The molecule has 0 spiro atoms. The summed E-state index contributed by atoms with van der Waals surface area (Å²) in [6, 6.07) is 0. The van der Waals surface area contributed by atoms with Crippen LogP contribution in [0.4, 0.5) is 0 Å². The summed E-state index contributed by atoms with van der Waals surface area (Å²) >= 11 is 0. The van der Waals surface area contributed by atoms with Gasteiger partial charge in [-0.3, -0.25) is 10.1 Å². The first kappa shape index (κ1) is 23.4. The molecule has 0 unspecified atom stereocenters. The van der Waals surface area contributed by atoms with Gasteiger partial charge in [-0.15, -0.1) is 0 Å². The molecular formula is C21H43NO2. The summed E-state index contributed by atoms with van der Waals surface area (Å²) in [6.45, 7) is 5.60. The van der Waals surface area contributed by atoms with Crippen molar-refractivity contribution in [1.82, 2.24) is 5.32 Å². The monoisotopic (exact) mass is 341 g/mol. The fourth-order valence-corrected chi connectivity index (χ4v) is 2.92. The second-order valence-corrected chi connectivity index (χ2v) is 7.01. The van der Waals surface area contributed by atoms with Crippen molar-refractivity contribution in [2.75, 3.05) is 13.3 Å². The zero-order chi connectivity index (χ0) is 17.7. The first-order chi connectivity index (χ1) is 11.8. The summed E-state index contributed by atoms with van der Waals surface area (Å²) in [7, 11) is 0. The van der Waals surface area contributed by atoms with E-state index in [1.54, 1.807) is 0 Å². The van der Waals surface area contributed by atoms with Gasteiger partial charge in [-0.2, -0.15) is 0 Å². The highest BCUT2D eigenvalue weighted by atomic mass is 16.5. The van der Waals surface area contributed by atoms with Gasteiger partial charge in [0.25, 0.3) is 0 Å². The Hall–Kier alpha value is -0.570. The molecule has 0 aliphatic heterocycles. The normalized spacial score (nSPS) is 10.9. The number of carbonyl (C=O) groups excluding carboxylic acids is 1. The van der Waals surface area contributed by atoms with Crippen molar-refractivity contribution in [2.24, 2.45) is 0 Å². The lowest BCUT2D eigenvalue weighted by atomic mass is 10.0. The van der Waals surface area contributed by atoms with Crippen molar-refractivity contribution in [2.45, 2.75) is 117 Å². The van der Waals surface area contributed by atoms with E-state index in [2.05, 4.69) is 12.2 Å². The smallest absolute Gasteiger partial charge is 0.307 e. The average Bonchev–Trinajstić information content (AvgIpc) is 2.58. The summed E-state index contributed by atoms with van der Waals surface area (Å²) in [4.78, 5) is 11.1. The third kappa shape index (κ3) is 19.5. The second-order valence-electron chi connectivity index (χ2n) is 7.01. The van der Waals surface area contributed by atoms with Crippen molar-refractivity contribution in [1.29, 1.82) is 0 Å². The minimum Gasteiger partial charge on any atom is -0.450 e. The van der Waals surface area contributed by atoms with Crippen LogP contribution in [0, 0.1) is 0 Å². The Bertz CT molecular complexity index is 256. The van der Waals surface area contributed by atoms with E-state index < -0.39 is 0 Å². The lowest BCUT2D eigenvalue weighted by molar-refractivity contribution is -0.144. The number of carbonyl (C=O) groups is 1. The number of esters is 1. The molecule has 144 valence electrons. The van der Waals surface area contributed by atoms with E-state index in [4.69, 9.17) is 4.74 Å². The molecule has 0 radical (unpaired) electrons. The molecule has 0 bridgehead atoms. The predicted molar refractivity (Wildman–Crippen MR) is 104 cm³/mol. The van der Waals surface area contributed by atoms with Gasteiger partial charge in [0.05, 0.1) is 0 Å². The average molecular weight is 342 g/mol. The standard InChI is InChI=1S/C21H43NO2/c1-3-5-6-7-8-9-10-11-12-13-14-15-16-17-19-22-20-24-21(23)18-4-2/h22H,3-20H2,1-2H3. The van der Waals surface area contributed by atoms with Crippen LogP contribution >= 0.6 is 0 Å². The van der Waals surface area contributed by atoms with Gasteiger partial charge < -0.3 is 4.74 Å². The van der Waals surface area contributed by atoms with Gasteiger partial charge in [-0.05, 0) is 19.4 Å². The Morgan fingerprint density at radius 1 is 0.667 bits per heavy atom. The molecule has 3 nitrogen and oxygen atoms in total. The Morgan fingerprint density at radius 3 is 1.58 bits per heavy atom. The largest absolute Gasteiger partial charge is 0.450 e. The van der Waals surface area contributed by atoms with Crippen molar-refractivity contribution < 1.29 is 9.53 Å². The van der Waals surface area contributed by atoms with E-state index in [1.165, 1.54) is 89.9 Å². The molecule has 3 heteroatoms. The number of hydrogen-bond acceptors (Lipinski definition) is 3. The minimum absolute atomic E-state index is 0.0917. The van der Waals surface area contributed by atoms with Crippen LogP contribution in [0.3, 0.4) is 0 Å². The topological polar surface area (TPSA) is 38.3 Å². The molecule has 0 saturated heterocycles. The molecule has 0 heterocycles. The van der Waals surface area contributed by atoms with E-state index in [0.717, 1.165) is 13.0 Å². The maximum Gasteiger partial charge on any atom is 0.307 e. The van der Waals surface area contributed by atoms with Crippen LogP contribution in [0.1, 0.15) is 117 Å². The van der Waals surface area contributed by atoms with E-state index in [1.807, 2.05) is 6.92 Å². The lowest BCUT2D eigenvalue weighted by Crippen LogP contribution is -2.21. The van der Waals surface area contributed by atoms with E-state index >= 15 is 0 Å². The van der Waals surface area contributed by atoms with Crippen LogP contribution in [0.25, 0.3) is 0 Å². The molecule has 0 aromatic heterocycles. The van der Waals surface area contributed by atoms with Crippen LogP contribution in [-0.4, -0.2) is 19.2 Å². The Morgan fingerprint density at radius 2 is 1.12 bits per heavy atom. The SMILES string of the molecule is CCCCCCCCCCCCCCCCNCOC(=O)CCC. The summed E-state index contributed by atoms with van der Waals surface area (Å²) in [5.41, 5.74) is 0. The Balaban J connectivity index is 3.01. The first-order valence-corrected chi connectivity index (χ1v) is 10.7. The van der Waals surface area contributed by atoms with Crippen LogP contribution in [0.15, 0.2) is 0 Å². The number of nitrogens with one attached hydrogen (secondary N) is 1. The highest BCUT2D eigenvalue weighted by Crippen LogP contribution is 2.12. The quantitative estimate of drug-likeness (QED) is 0.169. The van der Waals surface area contributed by atoms with Gasteiger partial charge in [0.2, 0.25) is 0 Å². The molecule has 0 aliphatic rings. The van der Waals surface area contributed by atoms with Crippen LogP contribution in [0.5, 0.6) is 0 Å². The molecule has 0 aromatic rings. The molecule has 24 heavy (non-hydrogen) atoms. The molecule has 0 aromatic carbocycles. The molecule has 0 saturated carbocycles. The Labute approximate surface area is 151 Å². The number of hydrogen-bond donors (Lipinski definition) is 1. The van der Waals surface area contributed by atoms with E-state index in [-0.39, 0.29) is 5.97 Å². The third-order valence-electron chi connectivity index (χ3n) is 4.50. The van der Waals surface area contributed by atoms with Gasteiger partial charge in [0.1, 0.15) is 6.73 Å². The number of unbranched alkanes of at least 4 members (excludes halogenated alkanes) is 13. The number of ether oxygens (including phenoxy) is 1. The first-order valence-electron chi connectivity index (χ1n) is 10.7. The summed E-state index contributed by atoms with van der Waals surface area (Å²) in [6.07, 6.45) is 20.8. The zero-order valence-electron chi connectivity index (χ0n) is 16.5. The molecular weight excluding hydrogens is 298 g/mol.